The smallest absolute Gasteiger partial charge is 0.341 e. The molecule has 0 amide bonds. The van der Waals surface area contributed by atoms with Crippen LogP contribution in [0, 0.1) is 11.6 Å². The predicted octanol–water partition coefficient (Wildman–Crippen LogP) is 3.73. The van der Waals surface area contributed by atoms with Crippen molar-refractivity contribution in [1.82, 2.24) is 4.57 Å². The number of aromatic carboxylic acids is 1. The Morgan fingerprint density at radius 3 is 2.71 bits per heavy atom. The minimum Gasteiger partial charge on any atom is -0.477 e. The summed E-state index contributed by atoms with van der Waals surface area (Å²) < 4.78 is 34.6. The zero-order valence-corrected chi connectivity index (χ0v) is 12.4. The molecule has 0 saturated heterocycles. The average molecular weight is 350 g/mol. The van der Waals surface area contributed by atoms with Gasteiger partial charge in [-0.3, -0.25) is 4.79 Å². The van der Waals surface area contributed by atoms with Crippen LogP contribution in [0.25, 0.3) is 16.6 Å². The summed E-state index contributed by atoms with van der Waals surface area (Å²) in [5.41, 5.74) is -1.25. The zero-order valence-electron chi connectivity index (χ0n) is 11.6. The molecule has 1 aliphatic heterocycles. The van der Waals surface area contributed by atoms with Crippen LogP contribution in [0.1, 0.15) is 10.4 Å². The number of pyridine rings is 1. The van der Waals surface area contributed by atoms with Gasteiger partial charge in [0.15, 0.2) is 17.3 Å². The van der Waals surface area contributed by atoms with Crippen LogP contribution < -0.4 is 10.2 Å². The summed E-state index contributed by atoms with van der Waals surface area (Å²) in [4.78, 5) is 23.6. The molecule has 1 aliphatic rings. The molecule has 1 aromatic heterocycles. The van der Waals surface area contributed by atoms with Crippen molar-refractivity contribution in [3.63, 3.8) is 0 Å². The molecule has 0 bridgehead atoms. The Kier molecular flexibility index (Phi) is 2.92. The van der Waals surface area contributed by atoms with Gasteiger partial charge in [0.25, 0.3) is 0 Å². The fraction of sp³-hybridized carbons (Fsp3) is 0. The van der Waals surface area contributed by atoms with Gasteiger partial charge in [-0.15, -0.1) is 0 Å². The van der Waals surface area contributed by atoms with Gasteiger partial charge in [0, 0.05) is 11.2 Å². The number of carbonyl (C=O) groups is 1. The predicted molar refractivity (Wildman–Crippen MR) is 81.5 cm³/mol. The third-order valence-electron chi connectivity index (χ3n) is 3.76. The summed E-state index contributed by atoms with van der Waals surface area (Å²) >= 11 is 5.95. The van der Waals surface area contributed by atoms with Crippen molar-refractivity contribution in [1.29, 1.82) is 0 Å². The van der Waals surface area contributed by atoms with Gasteiger partial charge in [0.05, 0.1) is 11.1 Å². The van der Waals surface area contributed by atoms with Crippen molar-refractivity contribution in [2.75, 3.05) is 0 Å². The molecule has 0 saturated carbocycles. The number of ether oxygens (including phenoxy) is 1. The van der Waals surface area contributed by atoms with Gasteiger partial charge in [-0.05, 0) is 24.3 Å². The zero-order chi connectivity index (χ0) is 17.2. The van der Waals surface area contributed by atoms with E-state index in [0.29, 0.717) is 16.8 Å². The van der Waals surface area contributed by atoms with Gasteiger partial charge >= 0.3 is 5.97 Å². The lowest BCUT2D eigenvalue weighted by Crippen LogP contribution is -2.21. The number of hydrogen-bond donors (Lipinski definition) is 1. The molecule has 4 rings (SSSR count). The van der Waals surface area contributed by atoms with Crippen LogP contribution in [0.15, 0.2) is 35.3 Å². The number of aromatic nitrogens is 1. The molecule has 3 aromatic rings. The first kappa shape index (κ1) is 14.6. The average Bonchev–Trinajstić information content (AvgIpc) is 2.54. The second-order valence-electron chi connectivity index (χ2n) is 5.16. The number of rotatable bonds is 1. The van der Waals surface area contributed by atoms with E-state index >= 15 is 0 Å². The van der Waals surface area contributed by atoms with Crippen LogP contribution in [0.4, 0.5) is 8.78 Å². The number of halogens is 3. The van der Waals surface area contributed by atoms with Crippen molar-refractivity contribution in [3.8, 4) is 17.2 Å². The van der Waals surface area contributed by atoms with Gasteiger partial charge in [-0.2, -0.15) is 4.39 Å². The number of carboxylic acids is 1. The van der Waals surface area contributed by atoms with Crippen LogP contribution in [0.2, 0.25) is 5.02 Å². The number of nitrogens with zero attached hydrogens (tertiary/aromatic N) is 1. The molecule has 0 unspecified atom stereocenters. The van der Waals surface area contributed by atoms with E-state index < -0.39 is 34.3 Å². The van der Waals surface area contributed by atoms with Gasteiger partial charge in [0.2, 0.25) is 11.2 Å². The second-order valence-corrected chi connectivity index (χ2v) is 5.60. The molecule has 0 radical (unpaired) electrons. The van der Waals surface area contributed by atoms with E-state index in [4.69, 9.17) is 16.3 Å². The Morgan fingerprint density at radius 1 is 1.25 bits per heavy atom. The number of fused-ring (bicyclic) bond motifs is 2. The molecule has 0 atom stereocenters. The highest BCUT2D eigenvalue weighted by atomic mass is 35.5. The van der Waals surface area contributed by atoms with Gasteiger partial charge in [-0.25, -0.2) is 9.18 Å². The van der Waals surface area contributed by atoms with E-state index in [0.717, 1.165) is 6.20 Å². The van der Waals surface area contributed by atoms with Crippen molar-refractivity contribution in [2.45, 2.75) is 0 Å². The Balaban J connectivity index is 2.27. The highest BCUT2D eigenvalue weighted by Crippen LogP contribution is 2.42. The van der Waals surface area contributed by atoms with Gasteiger partial charge < -0.3 is 14.4 Å². The highest BCUT2D eigenvalue weighted by Gasteiger charge is 2.28. The van der Waals surface area contributed by atoms with E-state index in [1.807, 2.05) is 0 Å². The van der Waals surface area contributed by atoms with Crippen LogP contribution >= 0.6 is 11.6 Å². The molecule has 0 spiro atoms. The molecular weight excluding hydrogens is 344 g/mol. The summed E-state index contributed by atoms with van der Waals surface area (Å²) in [6, 6.07) is 5.06. The van der Waals surface area contributed by atoms with Crippen LogP contribution in [-0.4, -0.2) is 15.6 Å². The third-order valence-corrected chi connectivity index (χ3v) is 4.00. The maximum Gasteiger partial charge on any atom is 0.341 e. The van der Waals surface area contributed by atoms with Crippen molar-refractivity contribution in [2.24, 2.45) is 0 Å². The van der Waals surface area contributed by atoms with Crippen LogP contribution in [0.5, 0.6) is 11.5 Å². The van der Waals surface area contributed by atoms with Crippen molar-refractivity contribution in [3.05, 3.63) is 62.9 Å². The van der Waals surface area contributed by atoms with Crippen molar-refractivity contribution >= 4 is 28.5 Å². The Morgan fingerprint density at radius 2 is 2.00 bits per heavy atom. The Bertz CT molecular complexity index is 1120. The topological polar surface area (TPSA) is 68.5 Å². The van der Waals surface area contributed by atoms with Gasteiger partial charge in [0.1, 0.15) is 11.1 Å². The lowest BCUT2D eigenvalue weighted by atomic mass is 10.1. The number of carboxylic acid groups (broad SMARTS) is 1. The summed E-state index contributed by atoms with van der Waals surface area (Å²) in [6.07, 6.45) is 1.05. The normalized spacial score (nSPS) is 12.0. The van der Waals surface area contributed by atoms with E-state index in [1.165, 1.54) is 22.8 Å². The molecular formula is C16H6ClF2NO4. The molecule has 5 nitrogen and oxygen atoms in total. The minimum absolute atomic E-state index is 0.0568. The van der Waals surface area contributed by atoms with Crippen LogP contribution in [0.3, 0.4) is 0 Å². The van der Waals surface area contributed by atoms with E-state index in [9.17, 15) is 23.5 Å². The Hall–Kier alpha value is -2.93. The second kappa shape index (κ2) is 4.78. The maximum absolute atomic E-state index is 14.2. The molecule has 1 N–H and O–H groups in total. The first-order valence-corrected chi connectivity index (χ1v) is 7.04. The number of benzene rings is 2. The monoisotopic (exact) mass is 349 g/mol. The SMILES string of the molecule is O=C(O)c1cn2c3c(c(F)c(F)cc3c1=O)Oc1ccc(Cl)cc1-2. The van der Waals surface area contributed by atoms with Crippen LogP contribution in [-0.2, 0) is 0 Å². The highest BCUT2D eigenvalue weighted by molar-refractivity contribution is 6.30. The maximum atomic E-state index is 14.2. The van der Waals surface area contributed by atoms with E-state index in [1.54, 1.807) is 0 Å². The van der Waals surface area contributed by atoms with E-state index in [-0.39, 0.29) is 16.7 Å². The third kappa shape index (κ3) is 1.85. The largest absolute Gasteiger partial charge is 0.477 e. The molecule has 0 fully saturated rings. The fourth-order valence-electron chi connectivity index (χ4n) is 2.71. The Labute approximate surface area is 137 Å². The summed E-state index contributed by atoms with van der Waals surface area (Å²) in [7, 11) is 0. The first-order valence-electron chi connectivity index (χ1n) is 6.67. The lowest BCUT2D eigenvalue weighted by molar-refractivity contribution is 0.0695. The van der Waals surface area contributed by atoms with Gasteiger partial charge in [-0.1, -0.05) is 11.6 Å². The molecule has 24 heavy (non-hydrogen) atoms. The molecule has 8 heteroatoms. The lowest BCUT2D eigenvalue weighted by Gasteiger charge is -2.24. The first-order chi connectivity index (χ1) is 11.4. The molecule has 2 heterocycles. The van der Waals surface area contributed by atoms with E-state index in [2.05, 4.69) is 0 Å². The number of hydrogen-bond acceptors (Lipinski definition) is 3. The standard InChI is InChI=1S/C16H6ClF2NO4/c17-6-1-2-11-10(3-6)20-5-8(16(22)23)14(21)7-4-9(18)12(19)15(24-11)13(7)20/h1-5H,(H,22,23). The minimum atomic E-state index is -1.48. The summed E-state index contributed by atoms with van der Waals surface area (Å²) in [5.74, 6) is -4.38. The quantitative estimate of drug-likeness (QED) is 0.568. The molecule has 120 valence electrons. The summed E-state index contributed by atoms with van der Waals surface area (Å²) in [6.45, 7) is 0. The molecule has 0 aliphatic carbocycles. The molecule has 2 aromatic carbocycles. The fourth-order valence-corrected chi connectivity index (χ4v) is 2.88. The van der Waals surface area contributed by atoms with Crippen molar-refractivity contribution < 1.29 is 23.4 Å². The summed E-state index contributed by atoms with van der Waals surface area (Å²) in [5, 5.41) is 9.25.